The summed E-state index contributed by atoms with van der Waals surface area (Å²) in [7, 11) is 0. The maximum absolute atomic E-state index is 12.0. The van der Waals surface area contributed by atoms with Crippen LogP contribution >= 0.6 is 0 Å². The van der Waals surface area contributed by atoms with Crippen molar-refractivity contribution in [2.24, 2.45) is 5.41 Å². The number of hydrogen-bond acceptors (Lipinski definition) is 3. The average molecular weight is 205 g/mol. The largest absolute Gasteiger partial charge is 0.396 e. The molecule has 0 spiro atoms. The van der Waals surface area contributed by atoms with Gasteiger partial charge in [0.25, 0.3) is 0 Å². The van der Waals surface area contributed by atoms with Crippen molar-refractivity contribution in [2.45, 2.75) is 19.8 Å². The van der Waals surface area contributed by atoms with Gasteiger partial charge >= 0.3 is 0 Å². The van der Waals surface area contributed by atoms with Crippen LogP contribution < -0.4 is 5.32 Å². The van der Waals surface area contributed by atoms with Gasteiger partial charge in [-0.15, -0.1) is 0 Å². The molecule has 0 radical (unpaired) electrons. The lowest BCUT2D eigenvalue weighted by Crippen LogP contribution is -2.34. The Morgan fingerprint density at radius 1 is 1.53 bits per heavy atom. The molecule has 0 saturated carbocycles. The number of hydrogen-bond donors (Lipinski definition) is 2. The van der Waals surface area contributed by atoms with Crippen LogP contribution in [0.15, 0.2) is 35.7 Å². The quantitative estimate of drug-likeness (QED) is 0.729. The van der Waals surface area contributed by atoms with E-state index in [1.165, 1.54) is 0 Å². The smallest absolute Gasteiger partial charge is 0.171 e. The van der Waals surface area contributed by atoms with E-state index in [-0.39, 0.29) is 12.4 Å². The Kier molecular flexibility index (Phi) is 2.49. The van der Waals surface area contributed by atoms with E-state index in [9.17, 15) is 4.79 Å². The molecule has 0 aromatic rings. The summed E-state index contributed by atoms with van der Waals surface area (Å²) in [6.45, 7) is 2.09. The van der Waals surface area contributed by atoms with Crippen LogP contribution in [0.25, 0.3) is 0 Å². The van der Waals surface area contributed by atoms with E-state index >= 15 is 0 Å². The molecule has 2 rings (SSSR count). The highest BCUT2D eigenvalue weighted by Crippen LogP contribution is 2.45. The second kappa shape index (κ2) is 3.66. The van der Waals surface area contributed by atoms with E-state index in [1.54, 1.807) is 12.2 Å². The Morgan fingerprint density at radius 3 is 3.00 bits per heavy atom. The first-order valence-electron chi connectivity index (χ1n) is 5.26. The van der Waals surface area contributed by atoms with Crippen LogP contribution in [0, 0.1) is 5.41 Å². The highest BCUT2D eigenvalue weighted by molar-refractivity contribution is 6.01. The summed E-state index contributed by atoms with van der Waals surface area (Å²) in [6.07, 6.45) is 8.47. The van der Waals surface area contributed by atoms with E-state index in [2.05, 4.69) is 5.32 Å². The fourth-order valence-corrected chi connectivity index (χ4v) is 2.44. The Balaban J connectivity index is 2.43. The van der Waals surface area contributed by atoms with Gasteiger partial charge in [0, 0.05) is 18.5 Å². The molecule has 1 heterocycles. The molecule has 0 aromatic carbocycles. The lowest BCUT2D eigenvalue weighted by molar-refractivity contribution is -0.120. The van der Waals surface area contributed by atoms with E-state index in [0.717, 1.165) is 17.7 Å². The Morgan fingerprint density at radius 2 is 2.33 bits per heavy atom. The summed E-state index contributed by atoms with van der Waals surface area (Å²) in [6, 6.07) is 0. The van der Waals surface area contributed by atoms with Crippen LogP contribution in [0.5, 0.6) is 0 Å². The van der Waals surface area contributed by atoms with Crippen LogP contribution in [0.2, 0.25) is 0 Å². The Bertz CT molecular complexity index is 379. The lowest BCUT2D eigenvalue weighted by atomic mass is 9.70. The van der Waals surface area contributed by atoms with Crippen LogP contribution in [-0.2, 0) is 4.79 Å². The molecule has 15 heavy (non-hydrogen) atoms. The number of nitrogens with one attached hydrogen (secondary N) is 1. The zero-order chi connectivity index (χ0) is 10.9. The molecule has 0 aromatic heterocycles. The summed E-state index contributed by atoms with van der Waals surface area (Å²) in [5.74, 6) is 0.118. The van der Waals surface area contributed by atoms with Crippen LogP contribution in [0.1, 0.15) is 19.8 Å². The van der Waals surface area contributed by atoms with E-state index < -0.39 is 5.41 Å². The Labute approximate surface area is 89.2 Å². The molecule has 0 amide bonds. The third-order valence-corrected chi connectivity index (χ3v) is 3.25. The predicted octanol–water partition coefficient (Wildman–Crippen LogP) is 1.28. The SMILES string of the molecule is CCC12C(=O)C=CC=C1NC=C2CCO. The van der Waals surface area contributed by atoms with Crippen molar-refractivity contribution in [3.63, 3.8) is 0 Å². The summed E-state index contributed by atoms with van der Waals surface area (Å²) < 4.78 is 0. The number of fused-ring (bicyclic) bond motifs is 1. The van der Waals surface area contributed by atoms with Crippen molar-refractivity contribution in [1.29, 1.82) is 0 Å². The minimum Gasteiger partial charge on any atom is -0.396 e. The highest BCUT2D eigenvalue weighted by Gasteiger charge is 2.45. The predicted molar refractivity (Wildman–Crippen MR) is 57.9 cm³/mol. The number of rotatable bonds is 3. The molecule has 2 aliphatic rings. The van der Waals surface area contributed by atoms with Gasteiger partial charge in [-0.05, 0) is 30.6 Å². The van der Waals surface area contributed by atoms with Crippen LogP contribution in [0.3, 0.4) is 0 Å². The van der Waals surface area contributed by atoms with Gasteiger partial charge in [-0.2, -0.15) is 0 Å². The molecule has 1 atom stereocenters. The normalized spacial score (nSPS) is 28.3. The van der Waals surface area contributed by atoms with Gasteiger partial charge in [-0.25, -0.2) is 0 Å². The number of aliphatic hydroxyl groups excluding tert-OH is 1. The van der Waals surface area contributed by atoms with E-state index in [4.69, 9.17) is 5.11 Å². The van der Waals surface area contributed by atoms with Crippen molar-refractivity contribution in [2.75, 3.05) is 6.61 Å². The van der Waals surface area contributed by atoms with Crippen LogP contribution in [-0.4, -0.2) is 17.5 Å². The third-order valence-electron chi connectivity index (χ3n) is 3.25. The average Bonchev–Trinajstić information content (AvgIpc) is 2.60. The number of aliphatic hydroxyl groups is 1. The molecule has 1 aliphatic heterocycles. The van der Waals surface area contributed by atoms with Crippen molar-refractivity contribution >= 4 is 5.78 Å². The van der Waals surface area contributed by atoms with Gasteiger partial charge < -0.3 is 10.4 Å². The highest BCUT2D eigenvalue weighted by atomic mass is 16.3. The molecule has 3 heteroatoms. The first-order chi connectivity index (χ1) is 7.25. The first-order valence-corrected chi connectivity index (χ1v) is 5.26. The third kappa shape index (κ3) is 1.27. The van der Waals surface area contributed by atoms with Crippen molar-refractivity contribution in [3.05, 3.63) is 35.7 Å². The summed E-state index contributed by atoms with van der Waals surface area (Å²) in [4.78, 5) is 12.0. The molecule has 1 aliphatic carbocycles. The maximum atomic E-state index is 12.0. The second-order valence-corrected chi connectivity index (χ2v) is 3.85. The fourth-order valence-electron chi connectivity index (χ4n) is 2.44. The number of carbonyl (C=O) groups is 1. The van der Waals surface area contributed by atoms with Gasteiger partial charge in [0.2, 0.25) is 0 Å². The standard InChI is InChI=1S/C12H15NO2/c1-2-12-9(6-7-14)8-13-10(12)4-3-5-11(12)15/h3-5,8,13-14H,2,6-7H2,1H3. The minimum atomic E-state index is -0.516. The number of ketones is 1. The summed E-state index contributed by atoms with van der Waals surface area (Å²) in [5, 5.41) is 12.1. The van der Waals surface area contributed by atoms with Gasteiger partial charge in [0.05, 0.1) is 5.41 Å². The van der Waals surface area contributed by atoms with E-state index in [0.29, 0.717) is 6.42 Å². The molecular formula is C12H15NO2. The monoisotopic (exact) mass is 205 g/mol. The van der Waals surface area contributed by atoms with Gasteiger partial charge in [-0.1, -0.05) is 13.0 Å². The molecule has 1 unspecified atom stereocenters. The summed E-state index contributed by atoms with van der Waals surface area (Å²) >= 11 is 0. The van der Waals surface area contributed by atoms with Gasteiger partial charge in [0.1, 0.15) is 0 Å². The molecular weight excluding hydrogens is 190 g/mol. The topological polar surface area (TPSA) is 49.3 Å². The van der Waals surface area contributed by atoms with Gasteiger partial charge in [-0.3, -0.25) is 4.79 Å². The molecule has 0 fully saturated rings. The first kappa shape index (κ1) is 10.2. The summed E-state index contributed by atoms with van der Waals surface area (Å²) in [5.41, 5.74) is 1.42. The molecule has 3 nitrogen and oxygen atoms in total. The molecule has 0 bridgehead atoms. The second-order valence-electron chi connectivity index (χ2n) is 3.85. The molecule has 0 saturated heterocycles. The van der Waals surface area contributed by atoms with Crippen LogP contribution in [0.4, 0.5) is 0 Å². The minimum absolute atomic E-state index is 0.0829. The van der Waals surface area contributed by atoms with Gasteiger partial charge in [0.15, 0.2) is 5.78 Å². The van der Waals surface area contributed by atoms with E-state index in [1.807, 2.05) is 19.2 Å². The van der Waals surface area contributed by atoms with Crippen molar-refractivity contribution in [1.82, 2.24) is 5.32 Å². The van der Waals surface area contributed by atoms with Crippen molar-refractivity contribution < 1.29 is 9.90 Å². The lowest BCUT2D eigenvalue weighted by Gasteiger charge is -2.31. The molecule has 80 valence electrons. The zero-order valence-electron chi connectivity index (χ0n) is 8.79. The van der Waals surface area contributed by atoms with Crippen molar-refractivity contribution in [3.8, 4) is 0 Å². The number of carbonyl (C=O) groups excluding carboxylic acids is 1. The fraction of sp³-hybridized carbons (Fsp3) is 0.417. The molecule has 2 N–H and O–H groups in total. The Hall–Kier alpha value is -1.35. The maximum Gasteiger partial charge on any atom is 0.171 e. The number of allylic oxidation sites excluding steroid dienone is 4. The zero-order valence-corrected chi connectivity index (χ0v) is 8.79.